The lowest BCUT2D eigenvalue weighted by Gasteiger charge is -2.46. The lowest BCUT2D eigenvalue weighted by atomic mass is 9.61. The van der Waals surface area contributed by atoms with E-state index in [2.05, 4.69) is 0 Å². The molecule has 0 rings (SSSR count). The van der Waals surface area contributed by atoms with E-state index in [0.29, 0.717) is 0 Å². The molecule has 0 bridgehead atoms. The molecule has 0 fully saturated rings. The van der Waals surface area contributed by atoms with Gasteiger partial charge in [-0.3, -0.25) is 9.59 Å². The summed E-state index contributed by atoms with van der Waals surface area (Å²) in [5, 5.41) is 29.3. The minimum atomic E-state index is -2.33. The molecule has 7 nitrogen and oxygen atoms in total. The average molecular weight is 360 g/mol. The molecule has 146 valence electrons. The van der Waals surface area contributed by atoms with Crippen LogP contribution in [0.15, 0.2) is 0 Å². The van der Waals surface area contributed by atoms with Crippen LogP contribution in [-0.2, 0) is 19.1 Å². The fraction of sp³-hybridized carbons (Fsp3) is 0.833. The number of carbonyl (C=O) groups is 3. The molecule has 0 aromatic carbocycles. The maximum absolute atomic E-state index is 12.3. The van der Waals surface area contributed by atoms with Crippen LogP contribution in [-0.4, -0.2) is 45.4 Å². The van der Waals surface area contributed by atoms with Crippen molar-refractivity contribution in [1.29, 1.82) is 0 Å². The second-order valence-corrected chi connectivity index (χ2v) is 7.99. The third kappa shape index (κ3) is 5.70. The lowest BCUT2D eigenvalue weighted by Crippen LogP contribution is -2.62. The number of carboxylic acid groups (broad SMARTS) is 3. The van der Waals surface area contributed by atoms with Crippen molar-refractivity contribution in [2.24, 2.45) is 23.2 Å². The summed E-state index contributed by atoms with van der Waals surface area (Å²) >= 11 is 0. The van der Waals surface area contributed by atoms with Gasteiger partial charge in [-0.1, -0.05) is 41.5 Å². The quantitative estimate of drug-likeness (QED) is 0.489. The summed E-state index contributed by atoms with van der Waals surface area (Å²) in [5.74, 6) is -4.64. The molecule has 7 heteroatoms. The minimum Gasteiger partial charge on any atom is -0.481 e. The second kappa shape index (κ2) is 9.17. The molecule has 0 radical (unpaired) electrons. The monoisotopic (exact) mass is 360 g/mol. The maximum Gasteiger partial charge on any atom is 0.337 e. The second-order valence-electron chi connectivity index (χ2n) is 7.99. The fourth-order valence-corrected chi connectivity index (χ4v) is 3.38. The van der Waals surface area contributed by atoms with Gasteiger partial charge in [0.25, 0.3) is 0 Å². The first kappa shape index (κ1) is 23.4. The third-order valence-electron chi connectivity index (χ3n) is 4.10. The van der Waals surface area contributed by atoms with Crippen molar-refractivity contribution in [2.75, 3.05) is 6.61 Å². The van der Waals surface area contributed by atoms with Gasteiger partial charge in [-0.15, -0.1) is 0 Å². The van der Waals surface area contributed by atoms with E-state index in [9.17, 15) is 29.7 Å². The van der Waals surface area contributed by atoms with Crippen LogP contribution in [0.2, 0.25) is 0 Å². The molecule has 0 saturated heterocycles. The molecule has 1 unspecified atom stereocenters. The van der Waals surface area contributed by atoms with Crippen molar-refractivity contribution >= 4 is 17.9 Å². The van der Waals surface area contributed by atoms with Gasteiger partial charge in [0.15, 0.2) is 5.60 Å². The summed E-state index contributed by atoms with van der Waals surface area (Å²) in [6.07, 6.45) is -0.878. The maximum atomic E-state index is 12.3. The number of aliphatic carboxylic acids is 3. The normalized spacial score (nSPS) is 14.8. The molecule has 0 aliphatic carbocycles. The average Bonchev–Trinajstić information content (AvgIpc) is 2.40. The lowest BCUT2D eigenvalue weighted by molar-refractivity contribution is -0.212. The van der Waals surface area contributed by atoms with Gasteiger partial charge in [0.1, 0.15) is 5.41 Å². The molecule has 25 heavy (non-hydrogen) atoms. The number of ether oxygens (including phenoxy) is 1. The third-order valence-corrected chi connectivity index (χ3v) is 4.10. The number of carboxylic acids is 3. The van der Waals surface area contributed by atoms with Crippen molar-refractivity contribution in [3.05, 3.63) is 0 Å². The zero-order chi connectivity index (χ0) is 20.0. The smallest absolute Gasteiger partial charge is 0.337 e. The SMILES string of the molecule is CC(C)COC(CC(=O)O)(C(=O)O)C(CC(C)C)(CC(C)C)C(=O)O. The van der Waals surface area contributed by atoms with Gasteiger partial charge in [-0.25, -0.2) is 4.79 Å². The van der Waals surface area contributed by atoms with Gasteiger partial charge in [-0.05, 0) is 30.6 Å². The Hall–Kier alpha value is -1.63. The Morgan fingerprint density at radius 3 is 1.48 bits per heavy atom. The Morgan fingerprint density at radius 2 is 1.24 bits per heavy atom. The zero-order valence-electron chi connectivity index (χ0n) is 16.0. The van der Waals surface area contributed by atoms with Crippen LogP contribution in [0.25, 0.3) is 0 Å². The van der Waals surface area contributed by atoms with Crippen LogP contribution < -0.4 is 0 Å². The molecule has 0 aliphatic heterocycles. The summed E-state index contributed by atoms with van der Waals surface area (Å²) < 4.78 is 5.63. The van der Waals surface area contributed by atoms with E-state index in [1.165, 1.54) is 0 Å². The Balaban J connectivity index is 6.57. The minimum absolute atomic E-state index is 0.0121. The summed E-state index contributed by atoms with van der Waals surface area (Å²) in [7, 11) is 0. The van der Waals surface area contributed by atoms with Crippen molar-refractivity contribution in [3.8, 4) is 0 Å². The summed E-state index contributed by atoms with van der Waals surface area (Å²) in [6.45, 7) is 10.7. The van der Waals surface area contributed by atoms with Crippen LogP contribution in [0.1, 0.15) is 60.8 Å². The molecule has 3 N–H and O–H groups in total. The topological polar surface area (TPSA) is 121 Å². The molecule has 0 aromatic rings. The first-order valence-electron chi connectivity index (χ1n) is 8.63. The van der Waals surface area contributed by atoms with Crippen LogP contribution in [0.4, 0.5) is 0 Å². The van der Waals surface area contributed by atoms with E-state index in [0.717, 1.165) is 0 Å². The predicted molar refractivity (Wildman–Crippen MR) is 92.4 cm³/mol. The van der Waals surface area contributed by atoms with E-state index < -0.39 is 35.3 Å². The van der Waals surface area contributed by atoms with Gasteiger partial charge in [0.2, 0.25) is 0 Å². The number of rotatable bonds is 12. The van der Waals surface area contributed by atoms with Crippen LogP contribution >= 0.6 is 0 Å². The Kier molecular flexibility index (Phi) is 8.58. The Bertz CT molecular complexity index is 472. The highest BCUT2D eigenvalue weighted by molar-refractivity contribution is 5.92. The molecule has 0 aliphatic rings. The largest absolute Gasteiger partial charge is 0.481 e. The van der Waals surface area contributed by atoms with Gasteiger partial charge >= 0.3 is 17.9 Å². The van der Waals surface area contributed by atoms with E-state index in [4.69, 9.17) is 4.74 Å². The van der Waals surface area contributed by atoms with E-state index in [1.54, 1.807) is 41.5 Å². The van der Waals surface area contributed by atoms with Gasteiger partial charge in [0.05, 0.1) is 13.0 Å². The van der Waals surface area contributed by atoms with Gasteiger partial charge < -0.3 is 20.1 Å². The molecular weight excluding hydrogens is 328 g/mol. The molecule has 0 aromatic heterocycles. The van der Waals surface area contributed by atoms with Crippen molar-refractivity contribution in [3.63, 3.8) is 0 Å². The number of hydrogen-bond acceptors (Lipinski definition) is 4. The van der Waals surface area contributed by atoms with Crippen molar-refractivity contribution < 1.29 is 34.4 Å². The van der Waals surface area contributed by atoms with Crippen LogP contribution in [0, 0.1) is 23.2 Å². The summed E-state index contributed by atoms with van der Waals surface area (Å²) in [4.78, 5) is 36.0. The molecular formula is C18H32O7. The van der Waals surface area contributed by atoms with Crippen molar-refractivity contribution in [2.45, 2.75) is 66.4 Å². The first-order chi connectivity index (χ1) is 11.3. The molecule has 0 heterocycles. The fourth-order valence-electron chi connectivity index (χ4n) is 3.38. The number of hydrogen-bond donors (Lipinski definition) is 3. The Morgan fingerprint density at radius 1 is 0.800 bits per heavy atom. The highest BCUT2D eigenvalue weighted by atomic mass is 16.5. The van der Waals surface area contributed by atoms with E-state index >= 15 is 0 Å². The van der Waals surface area contributed by atoms with Crippen molar-refractivity contribution in [1.82, 2.24) is 0 Å². The van der Waals surface area contributed by atoms with Gasteiger partial charge in [-0.2, -0.15) is 0 Å². The van der Waals surface area contributed by atoms with Gasteiger partial charge in [0, 0.05) is 0 Å². The highest BCUT2D eigenvalue weighted by Crippen LogP contribution is 2.48. The highest BCUT2D eigenvalue weighted by Gasteiger charge is 2.63. The Labute approximate surface area is 149 Å². The molecule has 0 amide bonds. The van der Waals surface area contributed by atoms with E-state index in [-0.39, 0.29) is 37.2 Å². The predicted octanol–water partition coefficient (Wildman–Crippen LogP) is 3.12. The molecule has 0 spiro atoms. The first-order valence-corrected chi connectivity index (χ1v) is 8.63. The molecule has 1 atom stereocenters. The van der Waals surface area contributed by atoms with E-state index in [1.807, 2.05) is 0 Å². The zero-order valence-corrected chi connectivity index (χ0v) is 16.0. The standard InChI is InChI=1S/C18H32O7/c1-11(2)7-17(15(21)22,8-12(3)4)18(16(23)24,9-14(19)20)25-10-13(5)6/h11-13H,7-10H2,1-6H3,(H,19,20)(H,21,22)(H,23,24). The van der Waals surface area contributed by atoms with Crippen LogP contribution in [0.5, 0.6) is 0 Å². The molecule has 0 saturated carbocycles. The summed E-state index contributed by atoms with van der Waals surface area (Å²) in [6, 6.07) is 0. The summed E-state index contributed by atoms with van der Waals surface area (Å²) in [5.41, 5.74) is -4.17. The van der Waals surface area contributed by atoms with Crippen LogP contribution in [0.3, 0.4) is 0 Å².